The van der Waals surface area contributed by atoms with Crippen molar-refractivity contribution < 1.29 is 9.53 Å². The van der Waals surface area contributed by atoms with Crippen molar-refractivity contribution in [3.63, 3.8) is 0 Å². The molecule has 0 unspecified atom stereocenters. The SMILES string of the molecule is C[C@H](C(=O)NC[C@@H]1Cc2ccccc2O1)n1cncn1. The molecule has 0 spiro atoms. The second kappa shape index (κ2) is 5.32. The zero-order valence-electron chi connectivity index (χ0n) is 11.2. The van der Waals surface area contributed by atoms with Gasteiger partial charge in [0.05, 0.1) is 6.54 Å². The standard InChI is InChI=1S/C14H16N4O2/c1-10(18-9-15-8-17-18)14(19)16-7-12-6-11-4-2-3-5-13(11)20-12/h2-5,8-10,12H,6-7H2,1H3,(H,16,19)/t10-,12+/m1/s1. The van der Waals surface area contributed by atoms with E-state index < -0.39 is 0 Å². The minimum absolute atomic E-state index is 0.000651. The Kier molecular flexibility index (Phi) is 3.37. The molecule has 1 aliphatic heterocycles. The van der Waals surface area contributed by atoms with E-state index in [9.17, 15) is 4.79 Å². The van der Waals surface area contributed by atoms with Crippen LogP contribution in [0, 0.1) is 0 Å². The molecule has 3 rings (SSSR count). The van der Waals surface area contributed by atoms with Crippen LogP contribution >= 0.6 is 0 Å². The summed E-state index contributed by atoms with van der Waals surface area (Å²) in [6.07, 6.45) is 3.78. The van der Waals surface area contributed by atoms with E-state index in [0.717, 1.165) is 12.2 Å². The van der Waals surface area contributed by atoms with Gasteiger partial charge >= 0.3 is 0 Å². The first-order chi connectivity index (χ1) is 9.74. The Balaban J connectivity index is 1.53. The van der Waals surface area contributed by atoms with Gasteiger partial charge < -0.3 is 10.1 Å². The Hall–Kier alpha value is -2.37. The molecular weight excluding hydrogens is 256 g/mol. The van der Waals surface area contributed by atoms with Gasteiger partial charge in [0.25, 0.3) is 0 Å². The summed E-state index contributed by atoms with van der Waals surface area (Å²) in [6, 6.07) is 7.58. The highest BCUT2D eigenvalue weighted by Crippen LogP contribution is 2.27. The molecule has 1 amide bonds. The number of aromatic nitrogens is 3. The monoisotopic (exact) mass is 272 g/mol. The van der Waals surface area contributed by atoms with E-state index in [2.05, 4.69) is 21.5 Å². The van der Waals surface area contributed by atoms with Gasteiger partial charge in [-0.1, -0.05) is 18.2 Å². The average Bonchev–Trinajstić information content (AvgIpc) is 3.12. The fraction of sp³-hybridized carbons (Fsp3) is 0.357. The Morgan fingerprint density at radius 2 is 2.40 bits per heavy atom. The van der Waals surface area contributed by atoms with Crippen LogP contribution in [0.1, 0.15) is 18.5 Å². The summed E-state index contributed by atoms with van der Waals surface area (Å²) in [5, 5.41) is 6.86. The molecule has 0 saturated carbocycles. The Labute approximate surface area is 116 Å². The molecule has 0 fully saturated rings. The number of rotatable bonds is 4. The van der Waals surface area contributed by atoms with E-state index in [1.54, 1.807) is 6.92 Å². The molecule has 0 aliphatic carbocycles. The predicted octanol–water partition coefficient (Wildman–Crippen LogP) is 0.959. The highest BCUT2D eigenvalue weighted by molar-refractivity contribution is 5.79. The number of ether oxygens (including phenoxy) is 1. The molecule has 0 bridgehead atoms. The van der Waals surface area contributed by atoms with E-state index in [1.165, 1.54) is 22.9 Å². The van der Waals surface area contributed by atoms with Crippen LogP contribution in [0.5, 0.6) is 5.75 Å². The van der Waals surface area contributed by atoms with Gasteiger partial charge in [-0.05, 0) is 18.6 Å². The predicted molar refractivity (Wildman–Crippen MR) is 72.3 cm³/mol. The Morgan fingerprint density at radius 1 is 1.55 bits per heavy atom. The van der Waals surface area contributed by atoms with E-state index in [1.807, 2.05) is 18.2 Å². The highest BCUT2D eigenvalue weighted by Gasteiger charge is 2.24. The van der Waals surface area contributed by atoms with Gasteiger partial charge in [0, 0.05) is 6.42 Å². The molecule has 2 aromatic rings. The molecule has 0 saturated heterocycles. The van der Waals surface area contributed by atoms with E-state index in [4.69, 9.17) is 4.74 Å². The minimum atomic E-state index is -0.374. The van der Waals surface area contributed by atoms with Crippen LogP contribution in [0.25, 0.3) is 0 Å². The third-order valence-electron chi connectivity index (χ3n) is 3.43. The van der Waals surface area contributed by atoms with Gasteiger partial charge in [-0.15, -0.1) is 0 Å². The molecule has 2 atom stereocenters. The van der Waals surface area contributed by atoms with E-state index in [0.29, 0.717) is 6.54 Å². The number of amides is 1. The maximum atomic E-state index is 12.0. The van der Waals surface area contributed by atoms with Crippen molar-refractivity contribution in [2.75, 3.05) is 6.54 Å². The van der Waals surface area contributed by atoms with Crippen molar-refractivity contribution in [2.45, 2.75) is 25.5 Å². The molecule has 1 aromatic heterocycles. The lowest BCUT2D eigenvalue weighted by atomic mass is 10.1. The van der Waals surface area contributed by atoms with Crippen molar-refractivity contribution in [3.05, 3.63) is 42.5 Å². The lowest BCUT2D eigenvalue weighted by Gasteiger charge is -2.15. The van der Waals surface area contributed by atoms with Crippen molar-refractivity contribution in [2.24, 2.45) is 0 Å². The molecule has 6 heteroatoms. The fourth-order valence-corrected chi connectivity index (χ4v) is 2.27. The summed E-state index contributed by atoms with van der Waals surface area (Å²) < 4.78 is 7.31. The lowest BCUT2D eigenvalue weighted by molar-refractivity contribution is -0.124. The molecule has 1 aliphatic rings. The quantitative estimate of drug-likeness (QED) is 0.900. The average molecular weight is 272 g/mol. The smallest absolute Gasteiger partial charge is 0.244 e. The van der Waals surface area contributed by atoms with Crippen LogP contribution in [0.15, 0.2) is 36.9 Å². The van der Waals surface area contributed by atoms with Crippen LogP contribution < -0.4 is 10.1 Å². The highest BCUT2D eigenvalue weighted by atomic mass is 16.5. The number of carbonyl (C=O) groups excluding carboxylic acids is 1. The van der Waals surface area contributed by atoms with Crippen LogP contribution in [-0.2, 0) is 11.2 Å². The van der Waals surface area contributed by atoms with Crippen LogP contribution in [0.4, 0.5) is 0 Å². The molecule has 1 aromatic carbocycles. The summed E-state index contributed by atoms with van der Waals surface area (Å²) in [4.78, 5) is 15.9. The molecule has 6 nitrogen and oxygen atoms in total. The summed E-state index contributed by atoms with van der Waals surface area (Å²) >= 11 is 0. The van der Waals surface area contributed by atoms with Crippen LogP contribution in [-0.4, -0.2) is 33.3 Å². The number of carbonyl (C=O) groups is 1. The second-order valence-corrected chi connectivity index (χ2v) is 4.85. The number of para-hydroxylation sites is 1. The van der Waals surface area contributed by atoms with Crippen molar-refractivity contribution in [1.29, 1.82) is 0 Å². The molecule has 20 heavy (non-hydrogen) atoms. The van der Waals surface area contributed by atoms with Gasteiger partial charge in [0.2, 0.25) is 5.91 Å². The maximum absolute atomic E-state index is 12.0. The third kappa shape index (κ3) is 2.49. The van der Waals surface area contributed by atoms with E-state index >= 15 is 0 Å². The number of hydrogen-bond acceptors (Lipinski definition) is 4. The van der Waals surface area contributed by atoms with Gasteiger partial charge in [0.1, 0.15) is 30.5 Å². The topological polar surface area (TPSA) is 69.0 Å². The first kappa shape index (κ1) is 12.7. The van der Waals surface area contributed by atoms with Crippen molar-refractivity contribution in [1.82, 2.24) is 20.1 Å². The molecular formula is C14H16N4O2. The van der Waals surface area contributed by atoms with Crippen LogP contribution in [0.2, 0.25) is 0 Å². The number of hydrogen-bond donors (Lipinski definition) is 1. The number of fused-ring (bicyclic) bond motifs is 1. The molecule has 0 radical (unpaired) electrons. The summed E-state index contributed by atoms with van der Waals surface area (Å²) in [7, 11) is 0. The van der Waals surface area contributed by atoms with Gasteiger partial charge in [-0.3, -0.25) is 4.79 Å². The first-order valence-electron chi connectivity index (χ1n) is 6.60. The van der Waals surface area contributed by atoms with Crippen LogP contribution in [0.3, 0.4) is 0 Å². The number of nitrogens with one attached hydrogen (secondary N) is 1. The number of nitrogens with zero attached hydrogens (tertiary/aromatic N) is 3. The maximum Gasteiger partial charge on any atom is 0.244 e. The first-order valence-corrected chi connectivity index (χ1v) is 6.60. The minimum Gasteiger partial charge on any atom is -0.488 e. The van der Waals surface area contributed by atoms with Crippen molar-refractivity contribution in [3.8, 4) is 5.75 Å². The zero-order chi connectivity index (χ0) is 13.9. The molecule has 104 valence electrons. The second-order valence-electron chi connectivity index (χ2n) is 4.85. The summed E-state index contributed by atoms with van der Waals surface area (Å²) in [5.41, 5.74) is 1.19. The fourth-order valence-electron chi connectivity index (χ4n) is 2.27. The lowest BCUT2D eigenvalue weighted by Crippen LogP contribution is -2.38. The Morgan fingerprint density at radius 3 is 3.15 bits per heavy atom. The third-order valence-corrected chi connectivity index (χ3v) is 3.43. The normalized spacial score (nSPS) is 18.1. The Bertz CT molecular complexity index is 572. The van der Waals surface area contributed by atoms with Gasteiger partial charge in [-0.2, -0.15) is 5.10 Å². The van der Waals surface area contributed by atoms with Gasteiger partial charge in [-0.25, -0.2) is 9.67 Å². The van der Waals surface area contributed by atoms with Gasteiger partial charge in [0.15, 0.2) is 0 Å². The molecule has 1 N–H and O–H groups in total. The largest absolute Gasteiger partial charge is 0.488 e. The zero-order valence-corrected chi connectivity index (χ0v) is 11.2. The molecule has 2 heterocycles. The number of benzene rings is 1. The van der Waals surface area contributed by atoms with Crippen molar-refractivity contribution >= 4 is 5.91 Å². The van der Waals surface area contributed by atoms with E-state index in [-0.39, 0.29) is 18.1 Å². The summed E-state index contributed by atoms with van der Waals surface area (Å²) in [6.45, 7) is 2.28. The summed E-state index contributed by atoms with van der Waals surface area (Å²) in [5.74, 6) is 0.825.